The van der Waals surface area contributed by atoms with Crippen molar-refractivity contribution in [1.29, 1.82) is 0 Å². The third-order valence-corrected chi connectivity index (χ3v) is 5.62. The Morgan fingerprint density at radius 3 is 2.21 bits per heavy atom. The molecule has 0 saturated heterocycles. The lowest BCUT2D eigenvalue weighted by molar-refractivity contribution is -0.177. The topological polar surface area (TPSA) is 189 Å². The van der Waals surface area contributed by atoms with Gasteiger partial charge in [-0.1, -0.05) is 36.4 Å². The van der Waals surface area contributed by atoms with Crippen LogP contribution in [-0.4, -0.2) is 69.9 Å². The van der Waals surface area contributed by atoms with E-state index in [1.807, 2.05) is 0 Å². The number of carboxylic acids is 1. The molecule has 0 aliphatic carbocycles. The van der Waals surface area contributed by atoms with E-state index in [9.17, 15) is 39.3 Å². The molecule has 0 aliphatic heterocycles. The number of aliphatic carboxylic acids is 1. The molecule has 0 spiro atoms. The molecule has 204 valence electrons. The minimum atomic E-state index is -1.63. The summed E-state index contributed by atoms with van der Waals surface area (Å²) in [6.07, 6.45) is -3.96. The zero-order valence-corrected chi connectivity index (χ0v) is 21.0. The maximum atomic E-state index is 12.9. The molecule has 0 saturated carbocycles. The van der Waals surface area contributed by atoms with E-state index in [0.717, 1.165) is 0 Å². The molecule has 0 aromatic heterocycles. The molecule has 38 heavy (non-hydrogen) atoms. The van der Waals surface area contributed by atoms with E-state index in [4.69, 9.17) is 9.47 Å². The highest BCUT2D eigenvalue weighted by molar-refractivity contribution is 6.01. The molecule has 5 N–H and O–H groups in total. The van der Waals surface area contributed by atoms with E-state index in [0.29, 0.717) is 12.0 Å². The number of carboxylic acid groups (broad SMARTS) is 1. The predicted octanol–water partition coefficient (Wildman–Crippen LogP) is 1.25. The molecule has 2 aromatic carbocycles. The third kappa shape index (κ3) is 8.03. The van der Waals surface area contributed by atoms with Crippen LogP contribution in [0.25, 0.3) is 0 Å². The summed E-state index contributed by atoms with van der Waals surface area (Å²) in [6.45, 7) is 3.81. The van der Waals surface area contributed by atoms with Crippen LogP contribution in [0.1, 0.15) is 36.7 Å². The SMILES string of the molecule is CC(O)C(NC(=O)c1cccc(NC=O)c1O)C(=O)O[C@@H](C)[C@H](OC(=O)Cc1ccccc1)[C@@H](C)C(=O)O. The summed E-state index contributed by atoms with van der Waals surface area (Å²) >= 11 is 0. The summed E-state index contributed by atoms with van der Waals surface area (Å²) in [4.78, 5) is 60.4. The fourth-order valence-corrected chi connectivity index (χ4v) is 3.53. The molecule has 2 amide bonds. The van der Waals surface area contributed by atoms with Crippen molar-refractivity contribution in [3.05, 3.63) is 59.7 Å². The number of aromatic hydroxyl groups is 1. The van der Waals surface area contributed by atoms with Crippen molar-refractivity contribution in [3.8, 4) is 5.75 Å². The van der Waals surface area contributed by atoms with Gasteiger partial charge in [-0.3, -0.25) is 19.2 Å². The van der Waals surface area contributed by atoms with Gasteiger partial charge in [0.1, 0.15) is 6.10 Å². The monoisotopic (exact) mass is 530 g/mol. The number of ether oxygens (including phenoxy) is 2. The van der Waals surface area contributed by atoms with Gasteiger partial charge < -0.3 is 35.4 Å². The fourth-order valence-electron chi connectivity index (χ4n) is 3.53. The van der Waals surface area contributed by atoms with Crippen molar-refractivity contribution < 1.29 is 48.8 Å². The third-order valence-electron chi connectivity index (χ3n) is 5.62. The van der Waals surface area contributed by atoms with Crippen molar-refractivity contribution in [2.45, 2.75) is 51.5 Å². The molecule has 0 heterocycles. The molecular weight excluding hydrogens is 500 g/mol. The van der Waals surface area contributed by atoms with Crippen LogP contribution in [0.5, 0.6) is 5.75 Å². The lowest BCUT2D eigenvalue weighted by Crippen LogP contribution is -2.51. The van der Waals surface area contributed by atoms with Crippen molar-refractivity contribution >= 4 is 35.9 Å². The molecule has 0 fully saturated rings. The molecule has 0 aliphatic rings. The highest BCUT2D eigenvalue weighted by atomic mass is 16.6. The molecule has 2 unspecified atom stereocenters. The Hall–Kier alpha value is -4.45. The number of benzene rings is 2. The molecule has 2 rings (SSSR count). The summed E-state index contributed by atoms with van der Waals surface area (Å²) in [5, 5.41) is 34.3. The number of carbonyl (C=O) groups excluding carboxylic acids is 4. The second-order valence-corrected chi connectivity index (χ2v) is 8.54. The summed E-state index contributed by atoms with van der Waals surface area (Å²) in [5.41, 5.74) is 0.284. The Labute approximate surface area is 218 Å². The van der Waals surface area contributed by atoms with Gasteiger partial charge in [0.25, 0.3) is 5.91 Å². The van der Waals surface area contributed by atoms with Crippen LogP contribution < -0.4 is 10.6 Å². The number of para-hydroxylation sites is 1. The quantitative estimate of drug-likeness (QED) is 0.143. The zero-order chi connectivity index (χ0) is 28.4. The number of anilines is 1. The van der Waals surface area contributed by atoms with Crippen molar-refractivity contribution in [2.24, 2.45) is 5.92 Å². The van der Waals surface area contributed by atoms with Crippen LogP contribution in [0.3, 0.4) is 0 Å². The molecule has 0 radical (unpaired) electrons. The van der Waals surface area contributed by atoms with Crippen LogP contribution >= 0.6 is 0 Å². The van der Waals surface area contributed by atoms with Crippen LogP contribution in [0.2, 0.25) is 0 Å². The first-order chi connectivity index (χ1) is 18.0. The molecule has 5 atom stereocenters. The molecule has 2 aromatic rings. The van der Waals surface area contributed by atoms with Crippen molar-refractivity contribution in [3.63, 3.8) is 0 Å². The lowest BCUT2D eigenvalue weighted by Gasteiger charge is -2.29. The molecule has 0 bridgehead atoms. The van der Waals surface area contributed by atoms with E-state index < -0.39 is 59.8 Å². The average Bonchev–Trinajstić information content (AvgIpc) is 2.86. The van der Waals surface area contributed by atoms with Gasteiger partial charge in [0, 0.05) is 0 Å². The summed E-state index contributed by atoms with van der Waals surface area (Å²) in [7, 11) is 0. The summed E-state index contributed by atoms with van der Waals surface area (Å²) < 4.78 is 10.7. The number of rotatable bonds is 13. The van der Waals surface area contributed by atoms with E-state index in [1.54, 1.807) is 30.3 Å². The highest BCUT2D eigenvalue weighted by Gasteiger charge is 2.37. The van der Waals surface area contributed by atoms with E-state index in [-0.39, 0.29) is 17.7 Å². The van der Waals surface area contributed by atoms with E-state index in [2.05, 4.69) is 10.6 Å². The van der Waals surface area contributed by atoms with Gasteiger partial charge >= 0.3 is 17.9 Å². The number of phenolic OH excluding ortho intramolecular Hbond substituents is 1. The number of aliphatic hydroxyl groups excluding tert-OH is 1. The fraction of sp³-hybridized carbons (Fsp3) is 0.346. The smallest absolute Gasteiger partial charge is 0.331 e. The van der Waals surface area contributed by atoms with Gasteiger partial charge in [0.2, 0.25) is 6.41 Å². The number of amides is 2. The minimum absolute atomic E-state index is 0.0553. The summed E-state index contributed by atoms with van der Waals surface area (Å²) in [5.74, 6) is -5.96. The normalized spacial score (nSPS) is 14.6. The van der Waals surface area contributed by atoms with Gasteiger partial charge in [-0.15, -0.1) is 0 Å². The number of carbonyl (C=O) groups is 5. The molecular formula is C26H30N2O10. The Bertz CT molecular complexity index is 1150. The van der Waals surface area contributed by atoms with Crippen molar-refractivity contribution in [1.82, 2.24) is 5.32 Å². The highest BCUT2D eigenvalue weighted by Crippen LogP contribution is 2.27. The van der Waals surface area contributed by atoms with Crippen LogP contribution in [-0.2, 0) is 35.1 Å². The first kappa shape index (κ1) is 29.8. The number of aliphatic hydroxyl groups is 1. The first-order valence-electron chi connectivity index (χ1n) is 11.6. The Morgan fingerprint density at radius 2 is 1.63 bits per heavy atom. The van der Waals surface area contributed by atoms with Crippen LogP contribution in [0, 0.1) is 5.92 Å². The Balaban J connectivity index is 2.17. The standard InChI is InChI=1S/C26H30N2O10/c1-14(25(34)35)23(38-20(31)12-17-8-5-4-6-9-17)16(3)37-26(36)21(15(2)30)28-24(33)18-10-7-11-19(22(18)32)27-13-29/h4-11,13-16,21,23,30,32H,12H2,1-3H3,(H,27,29)(H,28,33)(H,34,35)/t14-,15?,16+,21?,23-/m1/s1. The zero-order valence-electron chi connectivity index (χ0n) is 21.0. The Morgan fingerprint density at radius 1 is 0.974 bits per heavy atom. The van der Waals surface area contributed by atoms with Gasteiger partial charge in [0.15, 0.2) is 17.9 Å². The lowest BCUT2D eigenvalue weighted by atomic mass is 10.00. The van der Waals surface area contributed by atoms with Crippen LogP contribution in [0.15, 0.2) is 48.5 Å². The van der Waals surface area contributed by atoms with Gasteiger partial charge in [-0.25, -0.2) is 4.79 Å². The van der Waals surface area contributed by atoms with Crippen LogP contribution in [0.4, 0.5) is 5.69 Å². The summed E-state index contributed by atoms with van der Waals surface area (Å²) in [6, 6.07) is 10.9. The largest absolute Gasteiger partial charge is 0.505 e. The van der Waals surface area contributed by atoms with E-state index >= 15 is 0 Å². The van der Waals surface area contributed by atoms with E-state index in [1.165, 1.54) is 39.0 Å². The van der Waals surface area contributed by atoms with Gasteiger partial charge in [-0.2, -0.15) is 0 Å². The number of nitrogens with one attached hydrogen (secondary N) is 2. The predicted molar refractivity (Wildman–Crippen MR) is 133 cm³/mol. The number of phenols is 1. The number of hydrogen-bond donors (Lipinski definition) is 5. The maximum absolute atomic E-state index is 12.9. The average molecular weight is 531 g/mol. The van der Waals surface area contributed by atoms with Gasteiger partial charge in [0.05, 0.1) is 29.7 Å². The maximum Gasteiger partial charge on any atom is 0.331 e. The number of hydrogen-bond acceptors (Lipinski definition) is 9. The minimum Gasteiger partial charge on any atom is -0.505 e. The van der Waals surface area contributed by atoms with Gasteiger partial charge in [-0.05, 0) is 38.5 Å². The molecule has 12 heteroatoms. The van der Waals surface area contributed by atoms with Crippen molar-refractivity contribution in [2.75, 3.05) is 5.32 Å². The number of esters is 2. The molecule has 12 nitrogen and oxygen atoms in total. The second-order valence-electron chi connectivity index (χ2n) is 8.54. The second kappa shape index (κ2) is 13.7. The first-order valence-corrected chi connectivity index (χ1v) is 11.6. The Kier molecular flexibility index (Phi) is 10.8.